The molecule has 1 fully saturated rings. The van der Waals surface area contributed by atoms with E-state index in [1.807, 2.05) is 18.3 Å². The van der Waals surface area contributed by atoms with E-state index in [1.165, 1.54) is 23.3 Å². The molecule has 0 spiro atoms. The molecule has 0 radical (unpaired) electrons. The van der Waals surface area contributed by atoms with E-state index >= 15 is 0 Å². The second-order valence-corrected chi connectivity index (χ2v) is 5.88. The largest absolute Gasteiger partial charge is 0.339 e. The maximum Gasteiger partial charge on any atom is 0.130 e. The number of benzene rings is 1. The highest BCUT2D eigenvalue weighted by molar-refractivity contribution is 7.98. The van der Waals surface area contributed by atoms with Crippen LogP contribution in [0.2, 0.25) is 0 Å². The van der Waals surface area contributed by atoms with Crippen molar-refractivity contribution in [3.05, 3.63) is 48.2 Å². The lowest BCUT2D eigenvalue weighted by Gasteiger charge is -2.10. The molecular formula is C16H19N3S. The Labute approximate surface area is 124 Å². The maximum absolute atomic E-state index is 4.49. The van der Waals surface area contributed by atoms with Gasteiger partial charge in [-0.2, -0.15) is 0 Å². The van der Waals surface area contributed by atoms with Crippen molar-refractivity contribution in [2.24, 2.45) is 0 Å². The van der Waals surface area contributed by atoms with Gasteiger partial charge < -0.3 is 10.6 Å². The van der Waals surface area contributed by atoms with Crippen molar-refractivity contribution in [1.82, 2.24) is 10.3 Å². The van der Waals surface area contributed by atoms with Crippen molar-refractivity contribution < 1.29 is 0 Å². The zero-order chi connectivity index (χ0) is 13.8. The first-order valence-corrected chi connectivity index (χ1v) is 8.16. The summed E-state index contributed by atoms with van der Waals surface area (Å²) < 4.78 is 0. The summed E-state index contributed by atoms with van der Waals surface area (Å²) in [4.78, 5) is 5.72. The zero-order valence-electron chi connectivity index (χ0n) is 11.6. The minimum atomic E-state index is 0.737. The molecule has 3 nitrogen and oxygen atoms in total. The van der Waals surface area contributed by atoms with Gasteiger partial charge in [-0.1, -0.05) is 18.2 Å². The first-order chi connectivity index (χ1) is 9.85. The number of nitrogens with one attached hydrogen (secondary N) is 2. The standard InChI is InChI=1S/C16H19N3S/c1-20-15-5-3-2-4-14(15)19-16-9-6-12(11-18-16)10-17-13-7-8-13/h2-6,9,11,13,17H,7-8,10H2,1H3,(H,18,19). The number of rotatable bonds is 6. The fourth-order valence-electron chi connectivity index (χ4n) is 2.04. The summed E-state index contributed by atoms with van der Waals surface area (Å²) >= 11 is 1.74. The highest BCUT2D eigenvalue weighted by Gasteiger charge is 2.19. The molecule has 1 aliphatic carbocycles. The van der Waals surface area contributed by atoms with E-state index in [1.54, 1.807) is 11.8 Å². The Kier molecular flexibility index (Phi) is 4.23. The Hall–Kier alpha value is -1.52. The van der Waals surface area contributed by atoms with Gasteiger partial charge in [0.1, 0.15) is 5.82 Å². The van der Waals surface area contributed by atoms with E-state index < -0.39 is 0 Å². The molecule has 1 saturated carbocycles. The van der Waals surface area contributed by atoms with E-state index in [9.17, 15) is 0 Å². The van der Waals surface area contributed by atoms with E-state index in [4.69, 9.17) is 0 Å². The number of thioether (sulfide) groups is 1. The fourth-order valence-corrected chi connectivity index (χ4v) is 2.59. The average Bonchev–Trinajstić information content (AvgIpc) is 3.31. The molecule has 1 heterocycles. The van der Waals surface area contributed by atoms with Crippen LogP contribution in [0.5, 0.6) is 0 Å². The second-order valence-electron chi connectivity index (χ2n) is 5.03. The molecule has 20 heavy (non-hydrogen) atoms. The van der Waals surface area contributed by atoms with Gasteiger partial charge in [-0.3, -0.25) is 0 Å². The number of para-hydroxylation sites is 1. The number of anilines is 2. The smallest absolute Gasteiger partial charge is 0.130 e. The number of pyridine rings is 1. The Morgan fingerprint density at radius 3 is 2.75 bits per heavy atom. The third-order valence-electron chi connectivity index (χ3n) is 3.37. The lowest BCUT2D eigenvalue weighted by molar-refractivity contribution is 0.686. The van der Waals surface area contributed by atoms with Crippen LogP contribution in [0.15, 0.2) is 47.5 Å². The Morgan fingerprint density at radius 1 is 1.20 bits per heavy atom. The Morgan fingerprint density at radius 2 is 2.05 bits per heavy atom. The summed E-state index contributed by atoms with van der Waals surface area (Å²) in [6.07, 6.45) is 6.66. The van der Waals surface area contributed by atoms with Gasteiger partial charge in [0.2, 0.25) is 0 Å². The van der Waals surface area contributed by atoms with Gasteiger partial charge in [0.15, 0.2) is 0 Å². The van der Waals surface area contributed by atoms with Crippen molar-refractivity contribution >= 4 is 23.3 Å². The van der Waals surface area contributed by atoms with Gasteiger partial charge in [0.05, 0.1) is 5.69 Å². The highest BCUT2D eigenvalue weighted by atomic mass is 32.2. The van der Waals surface area contributed by atoms with Crippen LogP contribution in [-0.2, 0) is 6.54 Å². The summed E-state index contributed by atoms with van der Waals surface area (Å²) in [5, 5.41) is 6.87. The molecule has 2 aromatic rings. The van der Waals surface area contributed by atoms with E-state index in [2.05, 4.69) is 46.1 Å². The molecule has 3 rings (SSSR count). The molecule has 1 aliphatic rings. The number of nitrogens with zero attached hydrogens (tertiary/aromatic N) is 1. The zero-order valence-corrected chi connectivity index (χ0v) is 12.4. The molecule has 1 aromatic carbocycles. The first kappa shape index (κ1) is 13.5. The van der Waals surface area contributed by atoms with E-state index in [0.717, 1.165) is 24.1 Å². The molecule has 104 valence electrons. The van der Waals surface area contributed by atoms with Crippen LogP contribution < -0.4 is 10.6 Å². The monoisotopic (exact) mass is 285 g/mol. The van der Waals surface area contributed by atoms with Crippen molar-refractivity contribution in [3.63, 3.8) is 0 Å². The first-order valence-electron chi connectivity index (χ1n) is 6.93. The van der Waals surface area contributed by atoms with Crippen molar-refractivity contribution in [2.75, 3.05) is 11.6 Å². The molecule has 4 heteroatoms. The summed E-state index contributed by atoms with van der Waals surface area (Å²) in [5.74, 6) is 0.890. The second kappa shape index (κ2) is 6.29. The molecule has 1 aromatic heterocycles. The lowest BCUT2D eigenvalue weighted by atomic mass is 10.2. The lowest BCUT2D eigenvalue weighted by Crippen LogP contribution is -2.15. The summed E-state index contributed by atoms with van der Waals surface area (Å²) in [6.45, 7) is 0.916. The van der Waals surface area contributed by atoms with Gasteiger partial charge in [-0.05, 0) is 42.9 Å². The minimum absolute atomic E-state index is 0.737. The van der Waals surface area contributed by atoms with Crippen molar-refractivity contribution in [3.8, 4) is 0 Å². The van der Waals surface area contributed by atoms with Crippen molar-refractivity contribution in [2.45, 2.75) is 30.3 Å². The number of hydrogen-bond acceptors (Lipinski definition) is 4. The van der Waals surface area contributed by atoms with Crippen LogP contribution in [0.4, 0.5) is 11.5 Å². The molecule has 2 N–H and O–H groups in total. The summed E-state index contributed by atoms with van der Waals surface area (Å²) in [6, 6.07) is 13.2. The van der Waals surface area contributed by atoms with Crippen LogP contribution in [0.25, 0.3) is 0 Å². The van der Waals surface area contributed by atoms with Crippen LogP contribution in [0.3, 0.4) is 0 Å². The summed E-state index contributed by atoms with van der Waals surface area (Å²) in [7, 11) is 0. The number of hydrogen-bond donors (Lipinski definition) is 2. The fraction of sp³-hybridized carbons (Fsp3) is 0.312. The molecule has 0 aliphatic heterocycles. The molecule has 0 atom stereocenters. The Balaban J connectivity index is 1.64. The maximum atomic E-state index is 4.49. The van der Waals surface area contributed by atoms with Gasteiger partial charge in [0.25, 0.3) is 0 Å². The Bertz CT molecular complexity index is 564. The number of aromatic nitrogens is 1. The normalized spacial score (nSPS) is 14.2. The predicted molar refractivity (Wildman–Crippen MR) is 85.6 cm³/mol. The van der Waals surface area contributed by atoms with Gasteiger partial charge in [-0.25, -0.2) is 4.98 Å². The van der Waals surface area contributed by atoms with Crippen LogP contribution in [0, 0.1) is 0 Å². The molecular weight excluding hydrogens is 266 g/mol. The molecule has 0 bridgehead atoms. The third-order valence-corrected chi connectivity index (χ3v) is 4.16. The van der Waals surface area contributed by atoms with Gasteiger partial charge in [0, 0.05) is 23.7 Å². The average molecular weight is 285 g/mol. The van der Waals surface area contributed by atoms with Gasteiger partial charge in [-0.15, -0.1) is 11.8 Å². The SMILES string of the molecule is CSc1ccccc1Nc1ccc(CNC2CC2)cn1. The van der Waals surface area contributed by atoms with Gasteiger partial charge >= 0.3 is 0 Å². The molecule has 0 saturated heterocycles. The molecule has 0 unspecified atom stereocenters. The molecule has 0 amide bonds. The van der Waals surface area contributed by atoms with Crippen molar-refractivity contribution in [1.29, 1.82) is 0 Å². The van der Waals surface area contributed by atoms with Crippen LogP contribution in [0.1, 0.15) is 18.4 Å². The topological polar surface area (TPSA) is 37.0 Å². The van der Waals surface area contributed by atoms with Crippen LogP contribution in [-0.4, -0.2) is 17.3 Å². The predicted octanol–water partition coefficient (Wildman–Crippen LogP) is 3.80. The van der Waals surface area contributed by atoms with E-state index in [-0.39, 0.29) is 0 Å². The van der Waals surface area contributed by atoms with Crippen LogP contribution >= 0.6 is 11.8 Å². The third kappa shape index (κ3) is 3.52. The summed E-state index contributed by atoms with van der Waals surface area (Å²) in [5.41, 5.74) is 2.34. The van der Waals surface area contributed by atoms with E-state index in [0.29, 0.717) is 0 Å². The highest BCUT2D eigenvalue weighted by Crippen LogP contribution is 2.27. The quantitative estimate of drug-likeness (QED) is 0.792. The minimum Gasteiger partial charge on any atom is -0.339 e.